The fraction of sp³-hybridized carbons (Fsp3) is 0.111. The van der Waals surface area contributed by atoms with Gasteiger partial charge in [0.1, 0.15) is 11.5 Å². The van der Waals surface area contributed by atoms with Crippen molar-refractivity contribution in [2.24, 2.45) is 0 Å². The first kappa shape index (κ1) is 16.1. The number of thioether (sulfide) groups is 1. The lowest BCUT2D eigenvalue weighted by Gasteiger charge is -2.13. The van der Waals surface area contributed by atoms with Crippen LogP contribution in [0.3, 0.4) is 0 Å². The standard InChI is InChI=1S/C18H15NO4S/c1-2-22-15-10-8-13(9-11-15)19-17(20)16(24-18(19)21)7-3-5-14-6-4-12-23-14/h3-12H,2H2,1H3/b5-3+,16-7+. The third-order valence-corrected chi connectivity index (χ3v) is 4.14. The molecular formula is C18H15NO4S. The highest BCUT2D eigenvalue weighted by molar-refractivity contribution is 8.18. The third-order valence-electron chi connectivity index (χ3n) is 3.25. The number of amides is 2. The van der Waals surface area contributed by atoms with Crippen LogP contribution in [0.2, 0.25) is 0 Å². The van der Waals surface area contributed by atoms with Gasteiger partial charge in [0.2, 0.25) is 0 Å². The molecule has 0 unspecified atom stereocenters. The van der Waals surface area contributed by atoms with Crippen molar-refractivity contribution in [3.05, 3.63) is 65.5 Å². The van der Waals surface area contributed by atoms with Gasteiger partial charge in [-0.15, -0.1) is 0 Å². The zero-order chi connectivity index (χ0) is 16.9. The molecule has 1 aromatic carbocycles. The minimum Gasteiger partial charge on any atom is -0.494 e. The molecule has 0 bridgehead atoms. The lowest BCUT2D eigenvalue weighted by Crippen LogP contribution is -2.27. The summed E-state index contributed by atoms with van der Waals surface area (Å²) in [6, 6.07) is 10.5. The van der Waals surface area contributed by atoms with E-state index >= 15 is 0 Å². The molecule has 1 aromatic heterocycles. The number of furan rings is 1. The van der Waals surface area contributed by atoms with E-state index < -0.39 is 0 Å². The molecule has 1 aliphatic rings. The van der Waals surface area contributed by atoms with Crippen molar-refractivity contribution in [2.45, 2.75) is 6.92 Å². The quantitative estimate of drug-likeness (QED) is 0.751. The Morgan fingerprint density at radius 1 is 1.21 bits per heavy atom. The summed E-state index contributed by atoms with van der Waals surface area (Å²) in [4.78, 5) is 26.1. The number of anilines is 1. The Balaban J connectivity index is 1.76. The van der Waals surface area contributed by atoms with E-state index in [-0.39, 0.29) is 11.1 Å². The number of imide groups is 1. The van der Waals surface area contributed by atoms with Crippen LogP contribution in [-0.2, 0) is 4.79 Å². The van der Waals surface area contributed by atoms with E-state index in [0.717, 1.165) is 16.7 Å². The Morgan fingerprint density at radius 3 is 2.67 bits per heavy atom. The van der Waals surface area contributed by atoms with Crippen molar-refractivity contribution in [3.8, 4) is 5.75 Å². The van der Waals surface area contributed by atoms with Crippen molar-refractivity contribution in [2.75, 3.05) is 11.5 Å². The van der Waals surface area contributed by atoms with Gasteiger partial charge in [-0.1, -0.05) is 6.08 Å². The molecule has 1 fully saturated rings. The largest absolute Gasteiger partial charge is 0.494 e. The first-order chi connectivity index (χ1) is 11.7. The molecule has 2 aromatic rings. The Morgan fingerprint density at radius 2 is 2.00 bits per heavy atom. The molecule has 0 saturated carbocycles. The number of rotatable bonds is 5. The van der Waals surface area contributed by atoms with E-state index in [4.69, 9.17) is 9.15 Å². The molecule has 0 spiro atoms. The Kier molecular flexibility index (Phi) is 4.86. The van der Waals surface area contributed by atoms with Gasteiger partial charge in [-0.05, 0) is 67.2 Å². The second-order valence-electron chi connectivity index (χ2n) is 4.84. The van der Waals surface area contributed by atoms with Crippen LogP contribution in [0.1, 0.15) is 12.7 Å². The summed E-state index contributed by atoms with van der Waals surface area (Å²) in [5.41, 5.74) is 0.527. The average Bonchev–Trinajstić information content (AvgIpc) is 3.18. The average molecular weight is 341 g/mol. The summed E-state index contributed by atoms with van der Waals surface area (Å²) in [5, 5.41) is -0.318. The number of allylic oxidation sites excluding steroid dienone is 2. The summed E-state index contributed by atoms with van der Waals surface area (Å²) in [7, 11) is 0. The molecule has 2 heterocycles. The highest BCUT2D eigenvalue weighted by Crippen LogP contribution is 2.35. The summed E-state index contributed by atoms with van der Waals surface area (Å²) in [6.07, 6.45) is 6.60. The number of carbonyl (C=O) groups excluding carboxylic acids is 2. The maximum absolute atomic E-state index is 12.4. The summed E-state index contributed by atoms with van der Waals surface area (Å²) < 4.78 is 10.5. The van der Waals surface area contributed by atoms with Crippen LogP contribution < -0.4 is 9.64 Å². The van der Waals surface area contributed by atoms with Crippen molar-refractivity contribution >= 4 is 34.7 Å². The van der Waals surface area contributed by atoms with Crippen LogP contribution in [0.4, 0.5) is 10.5 Å². The monoisotopic (exact) mass is 341 g/mol. The number of hydrogen-bond acceptors (Lipinski definition) is 5. The first-order valence-electron chi connectivity index (χ1n) is 7.40. The minimum atomic E-state index is -0.335. The predicted molar refractivity (Wildman–Crippen MR) is 93.9 cm³/mol. The third kappa shape index (κ3) is 3.44. The molecule has 5 nitrogen and oxygen atoms in total. The van der Waals surface area contributed by atoms with Gasteiger partial charge >= 0.3 is 0 Å². The van der Waals surface area contributed by atoms with E-state index in [1.165, 1.54) is 0 Å². The van der Waals surface area contributed by atoms with Gasteiger partial charge in [0.15, 0.2) is 0 Å². The van der Waals surface area contributed by atoms with Crippen LogP contribution in [0.5, 0.6) is 5.75 Å². The molecule has 0 N–H and O–H groups in total. The van der Waals surface area contributed by atoms with Gasteiger partial charge in [-0.25, -0.2) is 4.90 Å². The second kappa shape index (κ2) is 7.23. The fourth-order valence-corrected chi connectivity index (χ4v) is 2.97. The van der Waals surface area contributed by atoms with Gasteiger partial charge in [0.25, 0.3) is 11.1 Å². The number of ether oxygens (including phenoxy) is 1. The lowest BCUT2D eigenvalue weighted by molar-refractivity contribution is -0.113. The molecule has 2 amide bonds. The highest BCUT2D eigenvalue weighted by Gasteiger charge is 2.35. The van der Waals surface area contributed by atoms with Crippen LogP contribution in [0.15, 0.2) is 64.1 Å². The summed E-state index contributed by atoms with van der Waals surface area (Å²) in [6.45, 7) is 2.46. The molecule has 1 aliphatic heterocycles. The Labute approximate surface area is 143 Å². The van der Waals surface area contributed by atoms with E-state index in [0.29, 0.717) is 28.7 Å². The highest BCUT2D eigenvalue weighted by atomic mass is 32.2. The van der Waals surface area contributed by atoms with Crippen molar-refractivity contribution in [1.82, 2.24) is 0 Å². The lowest BCUT2D eigenvalue weighted by atomic mass is 10.2. The van der Waals surface area contributed by atoms with Crippen LogP contribution >= 0.6 is 11.8 Å². The molecule has 6 heteroatoms. The van der Waals surface area contributed by atoms with Crippen molar-refractivity contribution in [3.63, 3.8) is 0 Å². The maximum Gasteiger partial charge on any atom is 0.298 e. The number of carbonyl (C=O) groups is 2. The SMILES string of the molecule is CCOc1ccc(N2C(=O)S/C(=C/C=C/c3ccco3)C2=O)cc1. The molecule has 0 atom stereocenters. The van der Waals surface area contributed by atoms with E-state index in [1.54, 1.807) is 60.9 Å². The van der Waals surface area contributed by atoms with Crippen LogP contribution in [0.25, 0.3) is 6.08 Å². The van der Waals surface area contributed by atoms with E-state index in [2.05, 4.69) is 0 Å². The number of nitrogens with zero attached hydrogens (tertiary/aromatic N) is 1. The molecule has 122 valence electrons. The topological polar surface area (TPSA) is 59.8 Å². The zero-order valence-electron chi connectivity index (χ0n) is 13.0. The first-order valence-corrected chi connectivity index (χ1v) is 8.21. The van der Waals surface area contributed by atoms with Gasteiger partial charge in [-0.3, -0.25) is 9.59 Å². The molecule has 0 radical (unpaired) electrons. The van der Waals surface area contributed by atoms with E-state index in [1.807, 2.05) is 6.92 Å². The summed E-state index contributed by atoms with van der Waals surface area (Å²) >= 11 is 0.914. The zero-order valence-corrected chi connectivity index (χ0v) is 13.8. The normalized spacial score (nSPS) is 16.5. The molecule has 24 heavy (non-hydrogen) atoms. The minimum absolute atomic E-state index is 0.318. The number of hydrogen-bond donors (Lipinski definition) is 0. The number of benzene rings is 1. The summed E-state index contributed by atoms with van der Waals surface area (Å²) in [5.74, 6) is 1.04. The Bertz CT molecular complexity index is 791. The predicted octanol–water partition coefficient (Wildman–Crippen LogP) is 4.48. The van der Waals surface area contributed by atoms with Crippen molar-refractivity contribution < 1.29 is 18.7 Å². The molecule has 3 rings (SSSR count). The van der Waals surface area contributed by atoms with Gasteiger partial charge < -0.3 is 9.15 Å². The molecule has 1 saturated heterocycles. The maximum atomic E-state index is 12.4. The van der Waals surface area contributed by atoms with Gasteiger partial charge in [0.05, 0.1) is 23.5 Å². The van der Waals surface area contributed by atoms with Crippen molar-refractivity contribution in [1.29, 1.82) is 0 Å². The van der Waals surface area contributed by atoms with E-state index in [9.17, 15) is 9.59 Å². The Hall–Kier alpha value is -2.73. The van der Waals surface area contributed by atoms with Gasteiger partial charge in [-0.2, -0.15) is 0 Å². The second-order valence-corrected chi connectivity index (χ2v) is 5.83. The fourth-order valence-electron chi connectivity index (χ4n) is 2.18. The van der Waals surface area contributed by atoms with Gasteiger partial charge in [0, 0.05) is 0 Å². The smallest absolute Gasteiger partial charge is 0.298 e. The molecule has 0 aliphatic carbocycles. The van der Waals surface area contributed by atoms with Crippen LogP contribution in [0, 0.1) is 0 Å². The van der Waals surface area contributed by atoms with Crippen LogP contribution in [-0.4, -0.2) is 17.8 Å². The molecular weight excluding hydrogens is 326 g/mol.